The molecule has 0 aliphatic carbocycles. The van der Waals surface area contributed by atoms with E-state index in [0.717, 1.165) is 18.8 Å². The molecule has 2 heterocycles. The summed E-state index contributed by atoms with van der Waals surface area (Å²) in [6, 6.07) is 8.19. The molecule has 2 aromatic rings. The van der Waals surface area contributed by atoms with Gasteiger partial charge in [0.2, 0.25) is 5.91 Å². The summed E-state index contributed by atoms with van der Waals surface area (Å²) < 4.78 is 8.23. The first-order valence-corrected chi connectivity index (χ1v) is 11.5. The van der Waals surface area contributed by atoms with Gasteiger partial charge in [0.1, 0.15) is 0 Å². The topological polar surface area (TPSA) is 83.7 Å². The molecule has 0 fully saturated rings. The van der Waals surface area contributed by atoms with Gasteiger partial charge in [0.05, 0.1) is 37.3 Å². The molecule has 1 amide bonds. The predicted octanol–water partition coefficient (Wildman–Crippen LogP) is 2.24. The van der Waals surface area contributed by atoms with Gasteiger partial charge in [-0.05, 0) is 38.4 Å². The zero-order valence-electron chi connectivity index (χ0n) is 19.8. The Morgan fingerprint density at radius 2 is 2.12 bits per heavy atom. The predicted molar refractivity (Wildman–Crippen MR) is 123 cm³/mol. The van der Waals surface area contributed by atoms with E-state index in [4.69, 9.17) is 4.74 Å². The van der Waals surface area contributed by atoms with Crippen molar-refractivity contribution in [2.45, 2.75) is 65.5 Å². The van der Waals surface area contributed by atoms with Crippen molar-refractivity contribution in [2.24, 2.45) is 5.92 Å². The van der Waals surface area contributed by atoms with Crippen molar-refractivity contribution in [2.75, 3.05) is 26.7 Å². The van der Waals surface area contributed by atoms with E-state index in [9.17, 15) is 9.90 Å². The van der Waals surface area contributed by atoms with Crippen LogP contribution < -0.4 is 0 Å². The number of hydrogen-bond donors (Lipinski definition) is 1. The highest BCUT2D eigenvalue weighted by Crippen LogP contribution is 2.19. The summed E-state index contributed by atoms with van der Waals surface area (Å²) in [5.41, 5.74) is 3.50. The van der Waals surface area contributed by atoms with Crippen molar-refractivity contribution in [3.05, 3.63) is 47.3 Å². The van der Waals surface area contributed by atoms with Crippen molar-refractivity contribution in [1.29, 1.82) is 0 Å². The fourth-order valence-electron chi connectivity index (χ4n) is 4.20. The van der Waals surface area contributed by atoms with Gasteiger partial charge in [-0.25, -0.2) is 4.68 Å². The number of carbonyl (C=O) groups excluding carboxylic acids is 1. The van der Waals surface area contributed by atoms with Gasteiger partial charge in [0.15, 0.2) is 0 Å². The molecule has 0 bridgehead atoms. The number of fused-ring (bicyclic) bond motifs is 1. The lowest BCUT2D eigenvalue weighted by Crippen LogP contribution is -2.47. The number of aliphatic hydroxyl groups is 1. The maximum absolute atomic E-state index is 13.0. The lowest BCUT2D eigenvalue weighted by atomic mass is 10.0. The summed E-state index contributed by atoms with van der Waals surface area (Å²) in [5.74, 6) is 0.156. The molecule has 0 unspecified atom stereocenters. The van der Waals surface area contributed by atoms with Crippen LogP contribution >= 0.6 is 0 Å². The Labute approximate surface area is 191 Å². The number of aromatic nitrogens is 3. The number of aliphatic hydroxyl groups excluding tert-OH is 1. The van der Waals surface area contributed by atoms with E-state index in [0.29, 0.717) is 32.5 Å². The van der Waals surface area contributed by atoms with Crippen LogP contribution in [0, 0.1) is 12.8 Å². The van der Waals surface area contributed by atoms with Crippen molar-refractivity contribution in [1.82, 2.24) is 24.8 Å². The average Bonchev–Trinajstić information content (AvgIpc) is 3.22. The highest BCUT2D eigenvalue weighted by Gasteiger charge is 2.28. The second kappa shape index (κ2) is 11.5. The SMILES string of the molecule is Cc1ccccc1CN(C)C[C@H]1OCc2cnnn2CCCC(=O)N([C@H](C)CO)C[C@@H]1C. The maximum atomic E-state index is 13.0. The molecule has 3 atom stereocenters. The Balaban J connectivity index is 1.78. The van der Waals surface area contributed by atoms with Crippen LogP contribution in [-0.2, 0) is 29.2 Å². The molecule has 0 spiro atoms. The van der Waals surface area contributed by atoms with Crippen LogP contribution in [0.25, 0.3) is 0 Å². The van der Waals surface area contributed by atoms with Gasteiger partial charge in [-0.1, -0.05) is 36.4 Å². The maximum Gasteiger partial charge on any atom is 0.222 e. The van der Waals surface area contributed by atoms with Gasteiger partial charge in [-0.2, -0.15) is 0 Å². The van der Waals surface area contributed by atoms with E-state index in [1.165, 1.54) is 11.1 Å². The number of hydrogen-bond acceptors (Lipinski definition) is 6. The highest BCUT2D eigenvalue weighted by molar-refractivity contribution is 5.76. The van der Waals surface area contributed by atoms with Crippen LogP contribution in [0.1, 0.15) is 43.5 Å². The number of benzene rings is 1. The monoisotopic (exact) mass is 443 g/mol. The second-order valence-corrected chi connectivity index (χ2v) is 9.08. The van der Waals surface area contributed by atoms with E-state index >= 15 is 0 Å². The third kappa shape index (κ3) is 6.37. The van der Waals surface area contributed by atoms with Gasteiger partial charge in [0.25, 0.3) is 0 Å². The van der Waals surface area contributed by atoms with Gasteiger partial charge in [0, 0.05) is 38.5 Å². The average molecular weight is 444 g/mol. The first-order chi connectivity index (χ1) is 15.4. The number of ether oxygens (including phenoxy) is 1. The molecule has 1 aliphatic heterocycles. The molecule has 0 saturated carbocycles. The summed E-state index contributed by atoms with van der Waals surface area (Å²) in [6.45, 7) is 9.27. The molecule has 176 valence electrons. The molecule has 32 heavy (non-hydrogen) atoms. The number of rotatable bonds is 6. The lowest BCUT2D eigenvalue weighted by molar-refractivity contribution is -0.136. The molecule has 0 radical (unpaired) electrons. The van der Waals surface area contributed by atoms with Crippen molar-refractivity contribution in [3.63, 3.8) is 0 Å². The molecule has 1 aromatic heterocycles. The molecular weight excluding hydrogens is 406 g/mol. The van der Waals surface area contributed by atoms with E-state index in [1.54, 1.807) is 6.20 Å². The van der Waals surface area contributed by atoms with E-state index in [1.807, 2.05) is 16.5 Å². The van der Waals surface area contributed by atoms with Gasteiger partial charge in [-0.15, -0.1) is 5.10 Å². The standard InChI is InChI=1S/C24H37N5O3/c1-18-8-5-6-9-21(18)14-27(4)15-23-19(2)13-28(20(3)16-30)24(31)10-7-11-29-22(17-32-23)12-25-26-29/h5-6,8-9,12,19-20,23,30H,7,10-11,13-17H2,1-4H3/t19-,20+,23+/m0/s1. The summed E-state index contributed by atoms with van der Waals surface area (Å²) in [6.07, 6.45) is 2.76. The first-order valence-electron chi connectivity index (χ1n) is 11.5. The third-order valence-corrected chi connectivity index (χ3v) is 6.33. The van der Waals surface area contributed by atoms with Crippen molar-refractivity contribution < 1.29 is 14.6 Å². The third-order valence-electron chi connectivity index (χ3n) is 6.33. The molecule has 8 nitrogen and oxygen atoms in total. The van der Waals surface area contributed by atoms with Crippen LogP contribution in [0.5, 0.6) is 0 Å². The normalized spacial score (nSPS) is 21.7. The van der Waals surface area contributed by atoms with Gasteiger partial charge >= 0.3 is 0 Å². The van der Waals surface area contributed by atoms with Gasteiger partial charge in [-0.3, -0.25) is 9.69 Å². The zero-order chi connectivity index (χ0) is 23.1. The van der Waals surface area contributed by atoms with Gasteiger partial charge < -0.3 is 14.7 Å². The van der Waals surface area contributed by atoms with Crippen LogP contribution in [0.15, 0.2) is 30.5 Å². The lowest BCUT2D eigenvalue weighted by Gasteiger charge is -2.35. The Morgan fingerprint density at radius 1 is 1.34 bits per heavy atom. The fraction of sp³-hybridized carbons (Fsp3) is 0.625. The molecule has 1 N–H and O–H groups in total. The van der Waals surface area contributed by atoms with E-state index < -0.39 is 0 Å². The number of amides is 1. The summed E-state index contributed by atoms with van der Waals surface area (Å²) in [7, 11) is 2.10. The van der Waals surface area contributed by atoms with Crippen LogP contribution in [-0.4, -0.2) is 74.7 Å². The van der Waals surface area contributed by atoms with Crippen molar-refractivity contribution in [3.8, 4) is 0 Å². The number of aryl methyl sites for hydroxylation is 2. The Morgan fingerprint density at radius 3 is 2.88 bits per heavy atom. The second-order valence-electron chi connectivity index (χ2n) is 9.08. The summed E-state index contributed by atoms with van der Waals surface area (Å²) in [4.78, 5) is 17.0. The number of likely N-dealkylation sites (N-methyl/N-ethyl adjacent to an activating group) is 1. The minimum absolute atomic E-state index is 0.0512. The van der Waals surface area contributed by atoms with Crippen LogP contribution in [0.2, 0.25) is 0 Å². The quantitative estimate of drug-likeness (QED) is 0.737. The largest absolute Gasteiger partial charge is 0.394 e. The number of nitrogens with zero attached hydrogens (tertiary/aromatic N) is 5. The Bertz CT molecular complexity index is 871. The molecule has 0 saturated heterocycles. The first kappa shape index (κ1) is 24.4. The minimum atomic E-state index is -0.222. The molecule has 1 aromatic carbocycles. The van der Waals surface area contributed by atoms with E-state index in [-0.39, 0.29) is 30.6 Å². The fourth-order valence-corrected chi connectivity index (χ4v) is 4.20. The van der Waals surface area contributed by atoms with Crippen LogP contribution in [0.3, 0.4) is 0 Å². The van der Waals surface area contributed by atoms with Crippen LogP contribution in [0.4, 0.5) is 0 Å². The van der Waals surface area contributed by atoms with Crippen molar-refractivity contribution >= 4 is 5.91 Å². The Hall–Kier alpha value is -2.29. The summed E-state index contributed by atoms with van der Waals surface area (Å²) >= 11 is 0. The molecule has 3 rings (SSSR count). The molecule has 1 aliphatic rings. The smallest absolute Gasteiger partial charge is 0.222 e. The zero-order valence-corrected chi connectivity index (χ0v) is 19.8. The summed E-state index contributed by atoms with van der Waals surface area (Å²) in [5, 5.41) is 17.9. The highest BCUT2D eigenvalue weighted by atomic mass is 16.5. The van der Waals surface area contributed by atoms with E-state index in [2.05, 4.69) is 60.4 Å². The molecule has 8 heteroatoms. The Kier molecular flexibility index (Phi) is 8.78. The molecular formula is C24H37N5O3. The minimum Gasteiger partial charge on any atom is -0.394 e. The number of carbonyl (C=O) groups is 1.